The standard InChI is InChI=1S/C18H19FN2O2.ClH/c19-13-3-1-12(2-4-13)16-7-8-17(23-16)18(22)21-10-9-14-5-6-15(11-21)20-14;/h1-4,7-8,14-15,20H,5-6,9-11H2;1H. The zero-order valence-corrected chi connectivity index (χ0v) is 14.0. The minimum absolute atomic E-state index is 0. The summed E-state index contributed by atoms with van der Waals surface area (Å²) in [5.41, 5.74) is 0.766. The predicted octanol–water partition coefficient (Wildman–Crippen LogP) is 3.47. The molecule has 2 bridgehead atoms. The average Bonchev–Trinajstić information content (AvgIpc) is 3.14. The Labute approximate surface area is 146 Å². The number of likely N-dealkylation sites (tertiary alicyclic amines) is 1. The van der Waals surface area contributed by atoms with Gasteiger partial charge in [-0.05, 0) is 55.7 Å². The monoisotopic (exact) mass is 350 g/mol. The molecule has 6 heteroatoms. The van der Waals surface area contributed by atoms with Crippen LogP contribution < -0.4 is 5.32 Å². The minimum atomic E-state index is -0.288. The smallest absolute Gasteiger partial charge is 0.289 e. The molecule has 2 unspecified atom stereocenters. The number of hydrogen-bond acceptors (Lipinski definition) is 3. The first-order valence-electron chi connectivity index (χ1n) is 8.10. The Morgan fingerprint density at radius 3 is 2.62 bits per heavy atom. The highest BCUT2D eigenvalue weighted by atomic mass is 35.5. The Hall–Kier alpha value is -1.85. The molecule has 128 valence electrons. The lowest BCUT2D eigenvalue weighted by Crippen LogP contribution is -2.38. The van der Waals surface area contributed by atoms with Gasteiger partial charge in [-0.2, -0.15) is 0 Å². The molecule has 1 amide bonds. The van der Waals surface area contributed by atoms with Crippen molar-refractivity contribution in [3.05, 3.63) is 48.0 Å². The van der Waals surface area contributed by atoms with Crippen molar-refractivity contribution in [1.82, 2.24) is 10.2 Å². The van der Waals surface area contributed by atoms with E-state index >= 15 is 0 Å². The van der Waals surface area contributed by atoms with Gasteiger partial charge in [-0.15, -0.1) is 12.4 Å². The van der Waals surface area contributed by atoms with Crippen molar-refractivity contribution in [2.75, 3.05) is 13.1 Å². The van der Waals surface area contributed by atoms with Crippen molar-refractivity contribution in [1.29, 1.82) is 0 Å². The largest absolute Gasteiger partial charge is 0.451 e. The molecule has 2 aliphatic heterocycles. The van der Waals surface area contributed by atoms with E-state index in [-0.39, 0.29) is 24.1 Å². The lowest BCUT2D eigenvalue weighted by atomic mass is 10.1. The van der Waals surface area contributed by atoms with Crippen molar-refractivity contribution in [2.45, 2.75) is 31.3 Å². The van der Waals surface area contributed by atoms with Crippen LogP contribution >= 0.6 is 12.4 Å². The maximum absolute atomic E-state index is 13.0. The molecule has 0 saturated carbocycles. The summed E-state index contributed by atoms with van der Waals surface area (Å²) in [6.07, 6.45) is 3.34. The zero-order valence-electron chi connectivity index (χ0n) is 13.2. The van der Waals surface area contributed by atoms with Crippen molar-refractivity contribution in [3.8, 4) is 11.3 Å². The Bertz CT molecular complexity index is 716. The fourth-order valence-corrected chi connectivity index (χ4v) is 3.51. The molecule has 0 spiro atoms. The molecule has 0 radical (unpaired) electrons. The highest BCUT2D eigenvalue weighted by Crippen LogP contribution is 2.25. The summed E-state index contributed by atoms with van der Waals surface area (Å²) in [6.45, 7) is 1.50. The van der Waals surface area contributed by atoms with E-state index in [1.165, 1.54) is 18.6 Å². The number of nitrogens with one attached hydrogen (secondary N) is 1. The van der Waals surface area contributed by atoms with E-state index in [1.54, 1.807) is 24.3 Å². The molecule has 2 aromatic rings. The molecule has 1 aromatic heterocycles. The average molecular weight is 351 g/mol. The van der Waals surface area contributed by atoms with Crippen LogP contribution in [0.4, 0.5) is 4.39 Å². The molecule has 1 aromatic carbocycles. The molecule has 2 saturated heterocycles. The molecular formula is C18H20ClFN2O2. The number of rotatable bonds is 2. The van der Waals surface area contributed by atoms with Crippen molar-refractivity contribution in [3.63, 3.8) is 0 Å². The number of hydrogen-bond donors (Lipinski definition) is 1. The van der Waals surface area contributed by atoms with E-state index in [0.717, 1.165) is 31.5 Å². The number of nitrogens with zero attached hydrogens (tertiary/aromatic N) is 1. The molecular weight excluding hydrogens is 331 g/mol. The normalized spacial score (nSPS) is 22.8. The molecule has 1 N–H and O–H groups in total. The van der Waals surface area contributed by atoms with Crippen LogP contribution in [0.15, 0.2) is 40.8 Å². The summed E-state index contributed by atoms with van der Waals surface area (Å²) < 4.78 is 18.7. The predicted molar refractivity (Wildman–Crippen MR) is 91.8 cm³/mol. The first-order chi connectivity index (χ1) is 11.2. The summed E-state index contributed by atoms with van der Waals surface area (Å²) >= 11 is 0. The summed E-state index contributed by atoms with van der Waals surface area (Å²) in [4.78, 5) is 14.6. The maximum atomic E-state index is 13.0. The van der Waals surface area contributed by atoms with Gasteiger partial charge >= 0.3 is 0 Å². The van der Waals surface area contributed by atoms with E-state index in [2.05, 4.69) is 5.32 Å². The van der Waals surface area contributed by atoms with Gasteiger partial charge in [0, 0.05) is 30.7 Å². The molecule has 0 aliphatic carbocycles. The Kier molecular flexibility index (Phi) is 4.92. The second-order valence-electron chi connectivity index (χ2n) is 6.35. The van der Waals surface area contributed by atoms with Crippen LogP contribution in [0.25, 0.3) is 11.3 Å². The van der Waals surface area contributed by atoms with Gasteiger partial charge in [-0.3, -0.25) is 4.79 Å². The van der Waals surface area contributed by atoms with Crippen LogP contribution in [0.3, 0.4) is 0 Å². The van der Waals surface area contributed by atoms with Gasteiger partial charge in [0.25, 0.3) is 5.91 Å². The lowest BCUT2D eigenvalue weighted by Gasteiger charge is -2.23. The molecule has 4 rings (SSSR count). The molecule has 2 aliphatic rings. The Balaban J connectivity index is 0.00000169. The van der Waals surface area contributed by atoms with Crippen LogP contribution in [0.2, 0.25) is 0 Å². The number of halogens is 2. The minimum Gasteiger partial charge on any atom is -0.451 e. The van der Waals surface area contributed by atoms with E-state index < -0.39 is 0 Å². The Morgan fingerprint density at radius 1 is 1.08 bits per heavy atom. The number of furan rings is 1. The molecule has 2 fully saturated rings. The second kappa shape index (κ2) is 6.95. The number of amides is 1. The highest BCUT2D eigenvalue weighted by Gasteiger charge is 2.32. The summed E-state index contributed by atoms with van der Waals surface area (Å²) in [6, 6.07) is 10.5. The van der Waals surface area contributed by atoms with Gasteiger partial charge in [-0.25, -0.2) is 4.39 Å². The van der Waals surface area contributed by atoms with E-state index in [0.29, 0.717) is 23.6 Å². The van der Waals surface area contributed by atoms with Crippen LogP contribution in [-0.4, -0.2) is 36.0 Å². The maximum Gasteiger partial charge on any atom is 0.289 e. The zero-order chi connectivity index (χ0) is 15.8. The number of benzene rings is 1. The van der Waals surface area contributed by atoms with Crippen LogP contribution in [-0.2, 0) is 0 Å². The van der Waals surface area contributed by atoms with Crippen molar-refractivity contribution in [2.24, 2.45) is 0 Å². The lowest BCUT2D eigenvalue weighted by molar-refractivity contribution is 0.0717. The Morgan fingerprint density at radius 2 is 1.83 bits per heavy atom. The summed E-state index contributed by atoms with van der Waals surface area (Å²) in [5, 5.41) is 3.57. The first-order valence-corrected chi connectivity index (χ1v) is 8.10. The third kappa shape index (κ3) is 3.32. The molecule has 24 heavy (non-hydrogen) atoms. The topological polar surface area (TPSA) is 45.5 Å². The first kappa shape index (κ1) is 17.0. The fourth-order valence-electron chi connectivity index (χ4n) is 3.51. The van der Waals surface area contributed by atoms with E-state index in [1.807, 2.05) is 4.90 Å². The SMILES string of the molecule is Cl.O=C(c1ccc(-c2ccc(F)cc2)o1)N1CCC2CCC(C1)N2. The van der Waals surface area contributed by atoms with E-state index in [4.69, 9.17) is 4.42 Å². The van der Waals surface area contributed by atoms with Gasteiger partial charge in [0.2, 0.25) is 0 Å². The van der Waals surface area contributed by atoms with Gasteiger partial charge < -0.3 is 14.6 Å². The number of carbonyl (C=O) groups excluding carboxylic acids is 1. The molecule has 3 heterocycles. The molecule has 2 atom stereocenters. The third-order valence-electron chi connectivity index (χ3n) is 4.76. The third-order valence-corrected chi connectivity index (χ3v) is 4.76. The highest BCUT2D eigenvalue weighted by molar-refractivity contribution is 5.92. The van der Waals surface area contributed by atoms with Gasteiger partial charge in [0.1, 0.15) is 11.6 Å². The molecule has 4 nitrogen and oxygen atoms in total. The summed E-state index contributed by atoms with van der Waals surface area (Å²) in [7, 11) is 0. The van der Waals surface area contributed by atoms with E-state index in [9.17, 15) is 9.18 Å². The quantitative estimate of drug-likeness (QED) is 0.902. The second-order valence-corrected chi connectivity index (χ2v) is 6.35. The van der Waals surface area contributed by atoms with Crippen LogP contribution in [0.1, 0.15) is 29.8 Å². The van der Waals surface area contributed by atoms with Gasteiger partial charge in [0.15, 0.2) is 5.76 Å². The number of fused-ring (bicyclic) bond motifs is 2. The summed E-state index contributed by atoms with van der Waals surface area (Å²) in [5.74, 6) is 0.585. The van der Waals surface area contributed by atoms with Crippen molar-refractivity contribution < 1.29 is 13.6 Å². The van der Waals surface area contributed by atoms with Gasteiger partial charge in [-0.1, -0.05) is 0 Å². The van der Waals surface area contributed by atoms with Gasteiger partial charge in [0.05, 0.1) is 0 Å². The van der Waals surface area contributed by atoms with Crippen LogP contribution in [0, 0.1) is 5.82 Å². The van der Waals surface area contributed by atoms with Crippen molar-refractivity contribution >= 4 is 18.3 Å². The van der Waals surface area contributed by atoms with Crippen LogP contribution in [0.5, 0.6) is 0 Å². The fraction of sp³-hybridized carbons (Fsp3) is 0.389. The number of carbonyl (C=O) groups is 1.